The summed E-state index contributed by atoms with van der Waals surface area (Å²) in [4.78, 5) is 0. The third kappa shape index (κ3) is 1.45. The third-order valence-electron chi connectivity index (χ3n) is 4.14. The average molecular weight is 178 g/mol. The summed E-state index contributed by atoms with van der Waals surface area (Å²) < 4.78 is 0. The number of hydrogen-bond acceptors (Lipinski definition) is 0. The van der Waals surface area contributed by atoms with E-state index in [0.29, 0.717) is 0 Å². The SMILES string of the molecule is CC(C)=C1C2CC1CC(C(C)C)C2. The van der Waals surface area contributed by atoms with E-state index < -0.39 is 0 Å². The molecule has 0 aliphatic heterocycles. The van der Waals surface area contributed by atoms with Crippen molar-refractivity contribution in [1.29, 1.82) is 0 Å². The molecular weight excluding hydrogens is 156 g/mol. The fraction of sp³-hybridized carbons (Fsp3) is 0.846. The van der Waals surface area contributed by atoms with Crippen LogP contribution in [0.4, 0.5) is 0 Å². The molecule has 2 bridgehead atoms. The Morgan fingerprint density at radius 2 is 1.62 bits per heavy atom. The number of allylic oxidation sites excluding steroid dienone is 2. The van der Waals surface area contributed by atoms with Crippen LogP contribution in [0.15, 0.2) is 11.1 Å². The first-order chi connectivity index (χ1) is 6.09. The van der Waals surface area contributed by atoms with E-state index >= 15 is 0 Å². The number of fused-ring (bicyclic) bond motifs is 2. The lowest BCUT2D eigenvalue weighted by Crippen LogP contribution is -2.39. The van der Waals surface area contributed by atoms with Gasteiger partial charge >= 0.3 is 0 Å². The first-order valence-corrected chi connectivity index (χ1v) is 5.76. The van der Waals surface area contributed by atoms with Gasteiger partial charge in [-0.2, -0.15) is 0 Å². The van der Waals surface area contributed by atoms with E-state index in [1.807, 2.05) is 5.57 Å². The summed E-state index contributed by atoms with van der Waals surface area (Å²) >= 11 is 0. The smallest absolute Gasteiger partial charge is 0.0190 e. The third-order valence-corrected chi connectivity index (χ3v) is 4.14. The second kappa shape index (κ2) is 3.15. The van der Waals surface area contributed by atoms with E-state index in [4.69, 9.17) is 0 Å². The van der Waals surface area contributed by atoms with Crippen LogP contribution in [-0.2, 0) is 0 Å². The summed E-state index contributed by atoms with van der Waals surface area (Å²) in [7, 11) is 0. The van der Waals surface area contributed by atoms with Gasteiger partial charge in [-0.15, -0.1) is 0 Å². The van der Waals surface area contributed by atoms with Crippen molar-refractivity contribution in [2.45, 2.75) is 47.0 Å². The first kappa shape index (κ1) is 9.30. The molecule has 0 amide bonds. The van der Waals surface area contributed by atoms with Crippen molar-refractivity contribution in [1.82, 2.24) is 0 Å². The quantitative estimate of drug-likeness (QED) is 0.532. The molecule has 0 N–H and O–H groups in total. The lowest BCUT2D eigenvalue weighted by Gasteiger charge is -2.50. The van der Waals surface area contributed by atoms with Gasteiger partial charge in [0.1, 0.15) is 0 Å². The molecule has 0 nitrogen and oxygen atoms in total. The molecule has 0 spiro atoms. The molecule has 0 heterocycles. The standard InChI is InChI=1S/C13H22/c1-8(2)10-5-11-7-12(6-10)13(11)9(3)4/h8,10-12H,5-7H2,1-4H3. The Balaban J connectivity index is 2.06. The second-order valence-electron chi connectivity index (χ2n) is 5.56. The fourth-order valence-electron chi connectivity index (χ4n) is 3.40. The van der Waals surface area contributed by atoms with Crippen molar-refractivity contribution in [3.63, 3.8) is 0 Å². The molecule has 0 aromatic rings. The van der Waals surface area contributed by atoms with Crippen LogP contribution in [0, 0.1) is 23.7 Å². The Bertz CT molecular complexity index is 216. The highest BCUT2D eigenvalue weighted by Crippen LogP contribution is 2.54. The Hall–Kier alpha value is -0.260. The summed E-state index contributed by atoms with van der Waals surface area (Å²) in [5.74, 6) is 3.89. The van der Waals surface area contributed by atoms with Crippen molar-refractivity contribution in [2.75, 3.05) is 0 Å². The van der Waals surface area contributed by atoms with Gasteiger partial charge in [-0.05, 0) is 56.8 Å². The Kier molecular flexibility index (Phi) is 2.25. The van der Waals surface area contributed by atoms with Gasteiger partial charge in [-0.25, -0.2) is 0 Å². The summed E-state index contributed by atoms with van der Waals surface area (Å²) in [6.45, 7) is 9.36. The molecule has 3 aliphatic carbocycles. The number of rotatable bonds is 1. The van der Waals surface area contributed by atoms with Crippen LogP contribution in [0.25, 0.3) is 0 Å². The van der Waals surface area contributed by atoms with Crippen LogP contribution in [0.2, 0.25) is 0 Å². The maximum Gasteiger partial charge on any atom is -0.0190 e. The monoisotopic (exact) mass is 178 g/mol. The molecule has 0 saturated heterocycles. The fourth-order valence-corrected chi connectivity index (χ4v) is 3.40. The minimum atomic E-state index is 0.906. The van der Waals surface area contributed by atoms with Gasteiger partial charge in [0.05, 0.1) is 0 Å². The molecule has 3 saturated carbocycles. The normalized spacial score (nSPS) is 37.6. The molecule has 0 aromatic carbocycles. The maximum atomic E-state index is 2.39. The molecular formula is C13H22. The molecule has 2 unspecified atom stereocenters. The average Bonchev–Trinajstić information content (AvgIpc) is 2.03. The van der Waals surface area contributed by atoms with Crippen LogP contribution >= 0.6 is 0 Å². The van der Waals surface area contributed by atoms with E-state index in [0.717, 1.165) is 23.7 Å². The number of hydrogen-bond donors (Lipinski definition) is 0. The van der Waals surface area contributed by atoms with Crippen LogP contribution in [0.5, 0.6) is 0 Å². The molecule has 3 fully saturated rings. The molecule has 13 heavy (non-hydrogen) atoms. The molecule has 3 aliphatic rings. The van der Waals surface area contributed by atoms with Crippen LogP contribution in [0.3, 0.4) is 0 Å². The molecule has 0 heteroatoms. The van der Waals surface area contributed by atoms with E-state index in [1.54, 1.807) is 5.57 Å². The van der Waals surface area contributed by atoms with Gasteiger partial charge in [0, 0.05) is 0 Å². The zero-order chi connectivity index (χ0) is 9.59. The molecule has 0 aromatic heterocycles. The Labute approximate surface area is 82.4 Å². The van der Waals surface area contributed by atoms with E-state index in [1.165, 1.54) is 19.3 Å². The highest BCUT2D eigenvalue weighted by Gasteiger charge is 2.43. The largest absolute Gasteiger partial charge is 0.0767 e. The second-order valence-corrected chi connectivity index (χ2v) is 5.56. The van der Waals surface area contributed by atoms with Gasteiger partial charge < -0.3 is 0 Å². The van der Waals surface area contributed by atoms with Crippen LogP contribution in [0.1, 0.15) is 47.0 Å². The van der Waals surface area contributed by atoms with Gasteiger partial charge in [0.2, 0.25) is 0 Å². The van der Waals surface area contributed by atoms with E-state index in [-0.39, 0.29) is 0 Å². The zero-order valence-electron chi connectivity index (χ0n) is 9.43. The Morgan fingerprint density at radius 3 is 2.00 bits per heavy atom. The van der Waals surface area contributed by atoms with E-state index in [2.05, 4.69) is 27.7 Å². The molecule has 2 atom stereocenters. The van der Waals surface area contributed by atoms with Crippen LogP contribution in [-0.4, -0.2) is 0 Å². The van der Waals surface area contributed by atoms with Crippen molar-refractivity contribution in [3.05, 3.63) is 11.1 Å². The summed E-state index contributed by atoms with van der Waals surface area (Å²) in [6, 6.07) is 0. The topological polar surface area (TPSA) is 0 Å². The highest BCUT2D eigenvalue weighted by molar-refractivity contribution is 5.27. The van der Waals surface area contributed by atoms with Gasteiger partial charge in [0.15, 0.2) is 0 Å². The zero-order valence-corrected chi connectivity index (χ0v) is 9.43. The predicted molar refractivity (Wildman–Crippen MR) is 57.5 cm³/mol. The molecule has 0 radical (unpaired) electrons. The van der Waals surface area contributed by atoms with Crippen molar-refractivity contribution < 1.29 is 0 Å². The van der Waals surface area contributed by atoms with Gasteiger partial charge in [-0.3, -0.25) is 0 Å². The first-order valence-electron chi connectivity index (χ1n) is 5.76. The lowest BCUT2D eigenvalue weighted by molar-refractivity contribution is 0.117. The molecule has 74 valence electrons. The summed E-state index contributed by atoms with van der Waals surface area (Å²) in [5.41, 5.74) is 3.44. The van der Waals surface area contributed by atoms with Crippen molar-refractivity contribution in [2.24, 2.45) is 23.7 Å². The Morgan fingerprint density at radius 1 is 1.08 bits per heavy atom. The predicted octanol–water partition coefficient (Wildman–Crippen LogP) is 4.02. The van der Waals surface area contributed by atoms with Crippen LogP contribution < -0.4 is 0 Å². The highest BCUT2D eigenvalue weighted by atomic mass is 14.5. The van der Waals surface area contributed by atoms with Crippen molar-refractivity contribution in [3.8, 4) is 0 Å². The molecule has 3 rings (SSSR count). The van der Waals surface area contributed by atoms with Gasteiger partial charge in [-0.1, -0.05) is 25.0 Å². The minimum absolute atomic E-state index is 0.906. The maximum absolute atomic E-state index is 2.39. The van der Waals surface area contributed by atoms with Gasteiger partial charge in [0.25, 0.3) is 0 Å². The van der Waals surface area contributed by atoms with E-state index in [9.17, 15) is 0 Å². The summed E-state index contributed by atoms with van der Waals surface area (Å²) in [5, 5.41) is 0. The lowest BCUT2D eigenvalue weighted by atomic mass is 9.55. The van der Waals surface area contributed by atoms with Crippen molar-refractivity contribution >= 4 is 0 Å². The minimum Gasteiger partial charge on any atom is -0.0767 e. The summed E-state index contributed by atoms with van der Waals surface area (Å²) in [6.07, 6.45) is 4.47.